The fourth-order valence-corrected chi connectivity index (χ4v) is 3.62. The third kappa shape index (κ3) is 5.14. The summed E-state index contributed by atoms with van der Waals surface area (Å²) in [6.07, 6.45) is -0.288. The molecule has 1 aliphatic heterocycles. The second kappa shape index (κ2) is 9.99. The van der Waals surface area contributed by atoms with Gasteiger partial charge in [0.1, 0.15) is 6.04 Å². The Bertz CT molecular complexity index is 1130. The summed E-state index contributed by atoms with van der Waals surface area (Å²) in [5.74, 6) is -3.52. The van der Waals surface area contributed by atoms with E-state index in [-0.39, 0.29) is 33.8 Å². The van der Waals surface area contributed by atoms with E-state index in [1.165, 1.54) is 36.4 Å². The molecule has 0 bridgehead atoms. The average molecular weight is 494 g/mol. The lowest BCUT2D eigenvalue weighted by atomic mass is 10.1. The monoisotopic (exact) mass is 493 g/mol. The Labute approximate surface area is 197 Å². The largest absolute Gasteiger partial charge is 0.465 e. The van der Waals surface area contributed by atoms with E-state index in [9.17, 15) is 24.0 Å². The van der Waals surface area contributed by atoms with Crippen LogP contribution in [0.2, 0.25) is 10.0 Å². The molecule has 2 N–H and O–H groups in total. The van der Waals surface area contributed by atoms with Crippen LogP contribution in [-0.4, -0.2) is 49.9 Å². The van der Waals surface area contributed by atoms with E-state index in [1.54, 1.807) is 0 Å². The van der Waals surface area contributed by atoms with Gasteiger partial charge in [0.05, 0.1) is 48.0 Å². The van der Waals surface area contributed by atoms with Gasteiger partial charge in [-0.3, -0.25) is 19.8 Å². The first kappa shape index (κ1) is 24.2. The minimum Gasteiger partial charge on any atom is -0.465 e. The zero-order chi connectivity index (χ0) is 24.3. The molecule has 0 unspecified atom stereocenters. The van der Waals surface area contributed by atoms with Crippen LogP contribution in [0.5, 0.6) is 0 Å². The van der Waals surface area contributed by atoms with Crippen molar-refractivity contribution in [2.45, 2.75) is 12.5 Å². The van der Waals surface area contributed by atoms with Crippen LogP contribution in [0.1, 0.15) is 37.5 Å². The summed E-state index contributed by atoms with van der Waals surface area (Å²) >= 11 is 11.8. The Hall–Kier alpha value is -3.47. The van der Waals surface area contributed by atoms with Crippen molar-refractivity contribution in [2.24, 2.45) is 0 Å². The van der Waals surface area contributed by atoms with Crippen LogP contribution in [0.3, 0.4) is 0 Å². The summed E-state index contributed by atoms with van der Waals surface area (Å²) in [5, 5.41) is 0.449. The first-order chi connectivity index (χ1) is 15.7. The number of rotatable bonds is 6. The van der Waals surface area contributed by atoms with E-state index >= 15 is 0 Å². The van der Waals surface area contributed by atoms with Crippen molar-refractivity contribution in [3.63, 3.8) is 0 Å². The summed E-state index contributed by atoms with van der Waals surface area (Å²) in [4.78, 5) is 62.6. The van der Waals surface area contributed by atoms with Crippen LogP contribution in [-0.2, 0) is 19.1 Å². The van der Waals surface area contributed by atoms with Crippen molar-refractivity contribution in [2.75, 3.05) is 19.1 Å². The molecule has 12 heteroatoms. The molecule has 2 aromatic carbocycles. The highest BCUT2D eigenvalue weighted by Gasteiger charge is 2.40. The number of hydrazine groups is 1. The molecule has 1 aliphatic rings. The fraction of sp³-hybridized carbons (Fsp3) is 0.190. The maximum Gasteiger partial charge on any atom is 0.337 e. The second-order valence-corrected chi connectivity index (χ2v) is 7.64. The van der Waals surface area contributed by atoms with Gasteiger partial charge in [-0.05, 0) is 36.4 Å². The summed E-state index contributed by atoms with van der Waals surface area (Å²) in [6, 6.07) is 6.86. The van der Waals surface area contributed by atoms with Gasteiger partial charge in [0, 0.05) is 5.02 Å². The number of hydrogen-bond donors (Lipinski definition) is 2. The quantitative estimate of drug-likeness (QED) is 0.355. The van der Waals surface area contributed by atoms with Crippen molar-refractivity contribution >= 4 is 58.5 Å². The predicted molar refractivity (Wildman–Crippen MR) is 117 cm³/mol. The third-order valence-corrected chi connectivity index (χ3v) is 5.25. The number of methoxy groups -OCH3 is 2. The van der Waals surface area contributed by atoms with Crippen LogP contribution in [0.4, 0.5) is 5.69 Å². The number of amides is 3. The maximum absolute atomic E-state index is 12.9. The van der Waals surface area contributed by atoms with Crippen LogP contribution in [0, 0.1) is 0 Å². The van der Waals surface area contributed by atoms with Crippen LogP contribution < -0.4 is 15.8 Å². The average Bonchev–Trinajstić information content (AvgIpc) is 3.08. The standard InChI is InChI=1S/C21H17Cl2N3O7/c1-32-20(30)10-5-11(21(31)33-2)7-13(6-10)26-17(27)9-16(19(26)29)24-25-18(28)14-4-3-12(22)8-15(14)23/h3-8,16,24H,9H2,1-2H3,(H,25,28)/t16-/m1/s1. The molecule has 33 heavy (non-hydrogen) atoms. The molecule has 1 fully saturated rings. The molecule has 3 rings (SSSR count). The topological polar surface area (TPSA) is 131 Å². The van der Waals surface area contributed by atoms with Gasteiger partial charge in [-0.15, -0.1) is 0 Å². The highest BCUT2D eigenvalue weighted by Crippen LogP contribution is 2.26. The zero-order valence-electron chi connectivity index (χ0n) is 17.3. The molecule has 10 nitrogen and oxygen atoms in total. The smallest absolute Gasteiger partial charge is 0.337 e. The number of imide groups is 1. The van der Waals surface area contributed by atoms with E-state index in [0.29, 0.717) is 5.02 Å². The van der Waals surface area contributed by atoms with Crippen molar-refractivity contribution in [3.8, 4) is 0 Å². The second-order valence-electron chi connectivity index (χ2n) is 6.80. The van der Waals surface area contributed by atoms with Gasteiger partial charge in [-0.25, -0.2) is 19.9 Å². The lowest BCUT2D eigenvalue weighted by Gasteiger charge is -2.17. The fourth-order valence-electron chi connectivity index (χ4n) is 3.12. The van der Waals surface area contributed by atoms with Gasteiger partial charge in [0.2, 0.25) is 5.91 Å². The van der Waals surface area contributed by atoms with Gasteiger partial charge in [-0.1, -0.05) is 23.2 Å². The molecular formula is C21H17Cl2N3O7. The lowest BCUT2D eigenvalue weighted by molar-refractivity contribution is -0.121. The highest BCUT2D eigenvalue weighted by molar-refractivity contribution is 6.36. The number of nitrogens with one attached hydrogen (secondary N) is 2. The molecule has 1 atom stereocenters. The number of esters is 2. The Balaban J connectivity index is 1.81. The van der Waals surface area contributed by atoms with Gasteiger partial charge in [-0.2, -0.15) is 0 Å². The van der Waals surface area contributed by atoms with Crippen molar-refractivity contribution < 1.29 is 33.4 Å². The molecule has 2 aromatic rings. The molecule has 0 radical (unpaired) electrons. The number of hydrogen-bond acceptors (Lipinski definition) is 8. The van der Waals surface area contributed by atoms with Crippen LogP contribution in [0.15, 0.2) is 36.4 Å². The number of benzene rings is 2. The Kier molecular flexibility index (Phi) is 7.32. The molecule has 0 aliphatic carbocycles. The molecule has 0 saturated carbocycles. The number of nitrogens with zero attached hydrogens (tertiary/aromatic N) is 1. The maximum atomic E-state index is 12.9. The minimum absolute atomic E-state index is 0.0235. The van der Waals surface area contributed by atoms with Gasteiger partial charge in [0.25, 0.3) is 11.8 Å². The normalized spacial score (nSPS) is 15.4. The van der Waals surface area contributed by atoms with Crippen molar-refractivity contribution in [1.82, 2.24) is 10.9 Å². The van der Waals surface area contributed by atoms with Crippen LogP contribution in [0.25, 0.3) is 0 Å². The lowest BCUT2D eigenvalue weighted by Crippen LogP contribution is -2.48. The van der Waals surface area contributed by atoms with E-state index < -0.39 is 35.7 Å². The van der Waals surface area contributed by atoms with Gasteiger partial charge < -0.3 is 9.47 Å². The Morgan fingerprint density at radius 1 is 0.970 bits per heavy atom. The molecule has 0 spiro atoms. The summed E-state index contributed by atoms with van der Waals surface area (Å²) < 4.78 is 9.33. The molecule has 1 heterocycles. The van der Waals surface area contributed by atoms with E-state index in [2.05, 4.69) is 20.3 Å². The number of carbonyl (C=O) groups is 5. The summed E-state index contributed by atoms with van der Waals surface area (Å²) in [5.41, 5.74) is 4.82. The van der Waals surface area contributed by atoms with Crippen molar-refractivity contribution in [1.29, 1.82) is 0 Å². The number of carbonyl (C=O) groups excluding carboxylic acids is 5. The third-order valence-electron chi connectivity index (χ3n) is 4.70. The SMILES string of the molecule is COC(=O)c1cc(C(=O)OC)cc(N2C(=O)C[C@@H](NNC(=O)c3ccc(Cl)cc3Cl)C2=O)c1. The Morgan fingerprint density at radius 3 is 2.12 bits per heavy atom. The Morgan fingerprint density at radius 2 is 1.58 bits per heavy atom. The first-order valence-electron chi connectivity index (χ1n) is 9.35. The highest BCUT2D eigenvalue weighted by atomic mass is 35.5. The molecule has 0 aromatic heterocycles. The summed E-state index contributed by atoms with van der Waals surface area (Å²) in [6.45, 7) is 0. The molecule has 1 saturated heterocycles. The molecular weight excluding hydrogens is 477 g/mol. The minimum atomic E-state index is -1.10. The first-order valence-corrected chi connectivity index (χ1v) is 10.1. The van der Waals surface area contributed by atoms with Crippen LogP contribution >= 0.6 is 23.2 Å². The van der Waals surface area contributed by atoms with E-state index in [4.69, 9.17) is 23.2 Å². The van der Waals surface area contributed by atoms with Gasteiger partial charge in [0.15, 0.2) is 0 Å². The number of ether oxygens (including phenoxy) is 2. The van der Waals surface area contributed by atoms with E-state index in [1.807, 2.05) is 0 Å². The van der Waals surface area contributed by atoms with Crippen molar-refractivity contribution in [3.05, 3.63) is 63.1 Å². The van der Waals surface area contributed by atoms with E-state index in [0.717, 1.165) is 19.1 Å². The van der Waals surface area contributed by atoms with Gasteiger partial charge >= 0.3 is 11.9 Å². The zero-order valence-corrected chi connectivity index (χ0v) is 18.8. The molecule has 3 amide bonds. The molecule has 172 valence electrons. The number of halogens is 2. The summed E-state index contributed by atoms with van der Waals surface area (Å²) in [7, 11) is 2.29. The predicted octanol–water partition coefficient (Wildman–Crippen LogP) is 2.13. The number of anilines is 1.